The summed E-state index contributed by atoms with van der Waals surface area (Å²) in [6, 6.07) is 0.764. The molecule has 3 rings (SSSR count). The van der Waals surface area contributed by atoms with Crippen molar-refractivity contribution in [3.05, 3.63) is 0 Å². The van der Waals surface area contributed by atoms with Crippen molar-refractivity contribution in [1.29, 1.82) is 0 Å². The molecule has 0 aromatic carbocycles. The smallest absolute Gasteiger partial charge is 0.237 e. The summed E-state index contributed by atoms with van der Waals surface area (Å²) in [5, 5.41) is 7.29. The van der Waals surface area contributed by atoms with Gasteiger partial charge in [0.25, 0.3) is 0 Å². The highest BCUT2D eigenvalue weighted by Gasteiger charge is 2.35. The maximum absolute atomic E-state index is 12.5. The molecule has 0 aliphatic carbocycles. The molecule has 114 valence electrons. The Kier molecular flexibility index (Phi) is 5.24. The Morgan fingerprint density at radius 3 is 2.80 bits per heavy atom. The van der Waals surface area contributed by atoms with Crippen molar-refractivity contribution in [1.82, 2.24) is 15.5 Å². The molecule has 0 radical (unpaired) electrons. The summed E-state index contributed by atoms with van der Waals surface area (Å²) in [5.74, 6) is 1.55. The van der Waals surface area contributed by atoms with Crippen molar-refractivity contribution in [2.75, 3.05) is 31.9 Å². The third-order valence-electron chi connectivity index (χ3n) is 4.90. The molecule has 0 spiro atoms. The van der Waals surface area contributed by atoms with Gasteiger partial charge in [-0.15, -0.1) is 0 Å². The molecule has 0 bridgehead atoms. The van der Waals surface area contributed by atoms with E-state index in [0.29, 0.717) is 11.3 Å². The lowest BCUT2D eigenvalue weighted by Crippen LogP contribution is -2.51. The first-order valence-corrected chi connectivity index (χ1v) is 9.25. The first-order chi connectivity index (χ1) is 9.84. The second kappa shape index (κ2) is 7.14. The van der Waals surface area contributed by atoms with E-state index in [2.05, 4.69) is 15.5 Å². The number of likely N-dealkylation sites (tertiary alicyclic amines) is 1. The third kappa shape index (κ3) is 3.49. The number of nitrogens with one attached hydrogen (secondary N) is 2. The van der Waals surface area contributed by atoms with Crippen LogP contribution in [0.25, 0.3) is 0 Å². The fraction of sp³-hybridized carbons (Fsp3) is 0.933. The summed E-state index contributed by atoms with van der Waals surface area (Å²) in [5.41, 5.74) is 0. The Morgan fingerprint density at radius 2 is 2.05 bits per heavy atom. The standard InChI is InChI=1S/C15H27N3OS/c19-15(17-11-13-3-2-10-20-13)14-4-1-9-18(14)12-5-7-16-8-6-12/h12-14,16H,1-11H2,(H,17,19). The lowest BCUT2D eigenvalue weighted by molar-refractivity contribution is -0.126. The molecular formula is C15H27N3OS. The maximum Gasteiger partial charge on any atom is 0.237 e. The first-order valence-electron chi connectivity index (χ1n) is 8.20. The number of hydrogen-bond acceptors (Lipinski definition) is 4. The molecule has 3 aliphatic heterocycles. The second-order valence-corrected chi connectivity index (χ2v) is 7.67. The highest BCUT2D eigenvalue weighted by atomic mass is 32.2. The fourth-order valence-electron chi connectivity index (χ4n) is 3.78. The van der Waals surface area contributed by atoms with Crippen LogP contribution in [0.4, 0.5) is 0 Å². The van der Waals surface area contributed by atoms with E-state index >= 15 is 0 Å². The molecule has 3 fully saturated rings. The van der Waals surface area contributed by atoms with Gasteiger partial charge in [-0.3, -0.25) is 9.69 Å². The summed E-state index contributed by atoms with van der Waals surface area (Å²) in [6.45, 7) is 4.20. The Bertz CT molecular complexity index is 327. The Balaban J connectivity index is 1.49. The van der Waals surface area contributed by atoms with Crippen LogP contribution < -0.4 is 10.6 Å². The Morgan fingerprint density at radius 1 is 1.20 bits per heavy atom. The van der Waals surface area contributed by atoms with Crippen molar-refractivity contribution in [3.8, 4) is 0 Å². The molecule has 5 heteroatoms. The van der Waals surface area contributed by atoms with Gasteiger partial charge in [-0.2, -0.15) is 11.8 Å². The van der Waals surface area contributed by atoms with Crippen molar-refractivity contribution < 1.29 is 4.79 Å². The van der Waals surface area contributed by atoms with Crippen molar-refractivity contribution in [2.24, 2.45) is 0 Å². The molecule has 0 saturated carbocycles. The zero-order chi connectivity index (χ0) is 13.8. The minimum atomic E-state index is 0.143. The zero-order valence-electron chi connectivity index (χ0n) is 12.3. The topological polar surface area (TPSA) is 44.4 Å². The zero-order valence-corrected chi connectivity index (χ0v) is 13.1. The molecule has 3 aliphatic rings. The van der Waals surface area contributed by atoms with Gasteiger partial charge >= 0.3 is 0 Å². The van der Waals surface area contributed by atoms with Crippen LogP contribution >= 0.6 is 11.8 Å². The summed E-state index contributed by atoms with van der Waals surface area (Å²) in [4.78, 5) is 15.0. The number of carbonyl (C=O) groups excluding carboxylic acids is 1. The van der Waals surface area contributed by atoms with Crippen LogP contribution in [-0.4, -0.2) is 60.1 Å². The number of nitrogens with zero attached hydrogens (tertiary/aromatic N) is 1. The molecule has 2 atom stereocenters. The van der Waals surface area contributed by atoms with Crippen molar-refractivity contribution in [3.63, 3.8) is 0 Å². The molecule has 4 nitrogen and oxygen atoms in total. The van der Waals surface area contributed by atoms with Gasteiger partial charge in [0.05, 0.1) is 6.04 Å². The van der Waals surface area contributed by atoms with Gasteiger partial charge in [0.15, 0.2) is 0 Å². The minimum Gasteiger partial charge on any atom is -0.354 e. The molecule has 3 heterocycles. The van der Waals surface area contributed by atoms with E-state index in [1.54, 1.807) is 0 Å². The van der Waals surface area contributed by atoms with Crippen molar-refractivity contribution in [2.45, 2.75) is 55.9 Å². The van der Waals surface area contributed by atoms with Crippen LogP contribution in [0.1, 0.15) is 38.5 Å². The van der Waals surface area contributed by atoms with Gasteiger partial charge in [-0.05, 0) is 63.9 Å². The normalized spacial score (nSPS) is 32.6. The van der Waals surface area contributed by atoms with Gasteiger partial charge in [0.1, 0.15) is 0 Å². The Labute approximate surface area is 126 Å². The number of carbonyl (C=O) groups is 1. The van der Waals surface area contributed by atoms with E-state index in [1.165, 1.54) is 37.9 Å². The van der Waals surface area contributed by atoms with E-state index in [4.69, 9.17) is 0 Å². The highest BCUT2D eigenvalue weighted by molar-refractivity contribution is 8.00. The van der Waals surface area contributed by atoms with Gasteiger partial charge in [0.2, 0.25) is 5.91 Å². The highest BCUT2D eigenvalue weighted by Crippen LogP contribution is 2.26. The largest absolute Gasteiger partial charge is 0.354 e. The van der Waals surface area contributed by atoms with E-state index in [1.807, 2.05) is 11.8 Å². The molecule has 1 amide bonds. The monoisotopic (exact) mass is 297 g/mol. The first kappa shape index (κ1) is 14.7. The molecule has 0 aromatic heterocycles. The van der Waals surface area contributed by atoms with Crippen LogP contribution in [0.5, 0.6) is 0 Å². The summed E-state index contributed by atoms with van der Waals surface area (Å²) in [7, 11) is 0. The lowest BCUT2D eigenvalue weighted by atomic mass is 10.0. The van der Waals surface area contributed by atoms with Crippen LogP contribution in [0.3, 0.4) is 0 Å². The summed E-state index contributed by atoms with van der Waals surface area (Å²) in [6.07, 6.45) is 7.21. The molecule has 2 unspecified atom stereocenters. The van der Waals surface area contributed by atoms with E-state index in [-0.39, 0.29) is 11.9 Å². The van der Waals surface area contributed by atoms with Crippen LogP contribution in [0.2, 0.25) is 0 Å². The van der Waals surface area contributed by atoms with Crippen LogP contribution in [0.15, 0.2) is 0 Å². The van der Waals surface area contributed by atoms with Crippen LogP contribution in [-0.2, 0) is 4.79 Å². The fourth-order valence-corrected chi connectivity index (χ4v) is 4.98. The number of hydrogen-bond donors (Lipinski definition) is 2. The second-order valence-electron chi connectivity index (χ2n) is 6.26. The molecule has 3 saturated heterocycles. The molecular weight excluding hydrogens is 270 g/mol. The predicted molar refractivity (Wildman–Crippen MR) is 84.1 cm³/mol. The van der Waals surface area contributed by atoms with Crippen molar-refractivity contribution >= 4 is 17.7 Å². The quantitative estimate of drug-likeness (QED) is 0.819. The molecule has 0 aromatic rings. The maximum atomic E-state index is 12.5. The van der Waals surface area contributed by atoms with E-state index in [9.17, 15) is 4.79 Å². The summed E-state index contributed by atoms with van der Waals surface area (Å²) >= 11 is 2.02. The SMILES string of the molecule is O=C(NCC1CCCS1)C1CCCN1C1CCNCC1. The van der Waals surface area contributed by atoms with Gasteiger partial charge in [0, 0.05) is 17.8 Å². The molecule has 2 N–H and O–H groups in total. The van der Waals surface area contributed by atoms with Gasteiger partial charge in [-0.1, -0.05) is 0 Å². The molecule has 20 heavy (non-hydrogen) atoms. The average Bonchev–Trinajstić information content (AvgIpc) is 3.17. The van der Waals surface area contributed by atoms with Gasteiger partial charge in [-0.25, -0.2) is 0 Å². The average molecular weight is 297 g/mol. The summed E-state index contributed by atoms with van der Waals surface area (Å²) < 4.78 is 0. The van der Waals surface area contributed by atoms with E-state index < -0.39 is 0 Å². The predicted octanol–water partition coefficient (Wildman–Crippen LogP) is 1.21. The van der Waals surface area contributed by atoms with Crippen LogP contribution in [0, 0.1) is 0 Å². The van der Waals surface area contributed by atoms with Gasteiger partial charge < -0.3 is 10.6 Å². The van der Waals surface area contributed by atoms with E-state index in [0.717, 1.165) is 32.6 Å². The lowest BCUT2D eigenvalue weighted by Gasteiger charge is -2.35. The third-order valence-corrected chi connectivity index (χ3v) is 6.30. The minimum absolute atomic E-state index is 0.143. The number of piperidine rings is 1. The number of thioether (sulfide) groups is 1. The number of amides is 1. The number of rotatable bonds is 4. The Hall–Kier alpha value is -0.260.